The first-order chi connectivity index (χ1) is 15.5. The Hall–Kier alpha value is -2.24. The van der Waals surface area contributed by atoms with Crippen LogP contribution in [0.5, 0.6) is 0 Å². The number of hydrogen-bond acceptors (Lipinski definition) is 3. The van der Waals surface area contributed by atoms with E-state index < -0.39 is 0 Å². The van der Waals surface area contributed by atoms with Gasteiger partial charge in [0.2, 0.25) is 5.91 Å². The molecule has 2 aromatic rings. The fraction of sp³-hybridized carbons (Fsp3) is 0.440. The zero-order valence-electron chi connectivity index (χ0n) is 18.2. The summed E-state index contributed by atoms with van der Waals surface area (Å²) in [6.45, 7) is 3.17. The average molecular weight is 474 g/mol. The van der Waals surface area contributed by atoms with E-state index in [4.69, 9.17) is 23.2 Å². The molecule has 4 rings (SSSR count). The summed E-state index contributed by atoms with van der Waals surface area (Å²) in [6, 6.07) is 12.6. The molecule has 1 aliphatic heterocycles. The average Bonchev–Trinajstić information content (AvgIpc) is 3.33. The molecule has 0 radical (unpaired) electrons. The molecule has 2 aliphatic rings. The Morgan fingerprint density at radius 3 is 2.25 bits per heavy atom. The summed E-state index contributed by atoms with van der Waals surface area (Å²) in [7, 11) is 0. The highest BCUT2D eigenvalue weighted by Crippen LogP contribution is 2.29. The molecule has 0 unspecified atom stereocenters. The normalized spacial score (nSPS) is 16.9. The Balaban J connectivity index is 1.26. The van der Waals surface area contributed by atoms with Crippen LogP contribution in [0.3, 0.4) is 0 Å². The predicted octanol–water partition coefficient (Wildman–Crippen LogP) is 5.86. The number of hydrogen-bond donors (Lipinski definition) is 1. The third kappa shape index (κ3) is 5.76. The summed E-state index contributed by atoms with van der Waals surface area (Å²) >= 11 is 11.9. The van der Waals surface area contributed by atoms with Gasteiger partial charge in [-0.1, -0.05) is 48.9 Å². The van der Waals surface area contributed by atoms with Gasteiger partial charge in [0.05, 0.1) is 10.0 Å². The number of rotatable bonds is 6. The van der Waals surface area contributed by atoms with Crippen LogP contribution in [0.2, 0.25) is 10.0 Å². The van der Waals surface area contributed by atoms with Gasteiger partial charge in [0.1, 0.15) is 0 Å². The molecule has 1 saturated carbocycles. The van der Waals surface area contributed by atoms with Crippen LogP contribution < -0.4 is 10.2 Å². The van der Waals surface area contributed by atoms with E-state index in [2.05, 4.69) is 10.2 Å². The number of nitrogens with zero attached hydrogens (tertiary/aromatic N) is 2. The van der Waals surface area contributed by atoms with Crippen molar-refractivity contribution in [3.8, 4) is 0 Å². The first kappa shape index (κ1) is 22.9. The van der Waals surface area contributed by atoms with Crippen molar-refractivity contribution in [3.63, 3.8) is 0 Å². The number of nitrogens with one attached hydrogen (secondary N) is 1. The second-order valence-electron chi connectivity index (χ2n) is 8.69. The molecule has 7 heteroatoms. The third-order valence-electron chi connectivity index (χ3n) is 6.55. The smallest absolute Gasteiger partial charge is 0.255 e. The lowest BCUT2D eigenvalue weighted by molar-refractivity contribution is -0.131. The largest absolute Gasteiger partial charge is 0.368 e. The summed E-state index contributed by atoms with van der Waals surface area (Å²) in [6.07, 6.45) is 6.99. The molecule has 32 heavy (non-hydrogen) atoms. The fourth-order valence-electron chi connectivity index (χ4n) is 4.60. The van der Waals surface area contributed by atoms with Crippen molar-refractivity contribution in [2.75, 3.05) is 36.4 Å². The first-order valence-corrected chi connectivity index (χ1v) is 12.1. The standard InChI is InChI=1S/C25H29Cl2N3O2/c26-22-11-6-19(17-23(22)27)25(32)28-20-7-9-21(10-8-20)29-13-15-30(16-14-29)24(31)12-5-18-3-1-2-4-18/h6-11,17-18H,1-5,12-16H2,(H,28,32). The van der Waals surface area contributed by atoms with E-state index in [1.165, 1.54) is 25.7 Å². The number of carbonyl (C=O) groups excluding carboxylic acids is 2. The number of halogens is 2. The highest BCUT2D eigenvalue weighted by Gasteiger charge is 2.23. The van der Waals surface area contributed by atoms with Gasteiger partial charge in [0, 0.05) is 49.5 Å². The molecule has 0 aromatic heterocycles. The van der Waals surface area contributed by atoms with Gasteiger partial charge in [0.25, 0.3) is 5.91 Å². The van der Waals surface area contributed by atoms with Gasteiger partial charge in [-0.25, -0.2) is 0 Å². The minimum absolute atomic E-state index is 0.235. The minimum atomic E-state index is -0.235. The van der Waals surface area contributed by atoms with E-state index in [1.807, 2.05) is 29.2 Å². The highest BCUT2D eigenvalue weighted by molar-refractivity contribution is 6.42. The summed E-state index contributed by atoms with van der Waals surface area (Å²) in [4.78, 5) is 29.3. The Morgan fingerprint density at radius 1 is 0.906 bits per heavy atom. The Kier molecular flexibility index (Phi) is 7.59. The molecule has 170 valence electrons. The SMILES string of the molecule is O=C(Nc1ccc(N2CCN(C(=O)CCC3CCCC3)CC2)cc1)c1ccc(Cl)c(Cl)c1. The molecule has 1 aliphatic carbocycles. The lowest BCUT2D eigenvalue weighted by Crippen LogP contribution is -2.48. The van der Waals surface area contributed by atoms with Crippen LogP contribution in [0.4, 0.5) is 11.4 Å². The molecule has 2 fully saturated rings. The van der Waals surface area contributed by atoms with E-state index in [0.29, 0.717) is 33.6 Å². The molecule has 5 nitrogen and oxygen atoms in total. The van der Waals surface area contributed by atoms with Gasteiger partial charge in [-0.2, -0.15) is 0 Å². The first-order valence-electron chi connectivity index (χ1n) is 11.4. The topological polar surface area (TPSA) is 52.7 Å². The molecule has 0 spiro atoms. The molecule has 2 amide bonds. The second kappa shape index (κ2) is 10.6. The van der Waals surface area contributed by atoms with Crippen LogP contribution in [0.15, 0.2) is 42.5 Å². The zero-order chi connectivity index (χ0) is 22.5. The minimum Gasteiger partial charge on any atom is -0.368 e. The van der Waals surface area contributed by atoms with Crippen molar-refractivity contribution in [1.29, 1.82) is 0 Å². The van der Waals surface area contributed by atoms with Gasteiger partial charge in [-0.15, -0.1) is 0 Å². The number of piperazine rings is 1. The van der Waals surface area contributed by atoms with Crippen LogP contribution in [0.25, 0.3) is 0 Å². The second-order valence-corrected chi connectivity index (χ2v) is 9.50. The lowest BCUT2D eigenvalue weighted by atomic mass is 10.0. The van der Waals surface area contributed by atoms with Crippen molar-refractivity contribution < 1.29 is 9.59 Å². The van der Waals surface area contributed by atoms with Crippen molar-refractivity contribution in [2.24, 2.45) is 5.92 Å². The van der Waals surface area contributed by atoms with Crippen LogP contribution in [0.1, 0.15) is 48.9 Å². The zero-order valence-corrected chi connectivity index (χ0v) is 19.7. The molecule has 1 saturated heterocycles. The summed E-state index contributed by atoms with van der Waals surface area (Å²) in [5, 5.41) is 3.65. The lowest BCUT2D eigenvalue weighted by Gasteiger charge is -2.36. The van der Waals surface area contributed by atoms with E-state index in [1.54, 1.807) is 18.2 Å². The van der Waals surface area contributed by atoms with Crippen molar-refractivity contribution >= 4 is 46.4 Å². The molecule has 1 N–H and O–H groups in total. The van der Waals surface area contributed by atoms with E-state index in [9.17, 15) is 9.59 Å². The number of amides is 2. The number of carbonyl (C=O) groups is 2. The third-order valence-corrected chi connectivity index (χ3v) is 7.28. The van der Waals surface area contributed by atoms with Crippen LogP contribution in [-0.2, 0) is 4.79 Å². The predicted molar refractivity (Wildman–Crippen MR) is 131 cm³/mol. The maximum atomic E-state index is 12.6. The highest BCUT2D eigenvalue weighted by atomic mass is 35.5. The Morgan fingerprint density at radius 2 is 1.59 bits per heavy atom. The van der Waals surface area contributed by atoms with E-state index in [0.717, 1.165) is 44.2 Å². The summed E-state index contributed by atoms with van der Waals surface area (Å²) < 4.78 is 0. The molecular formula is C25H29Cl2N3O2. The molecule has 1 heterocycles. The maximum Gasteiger partial charge on any atom is 0.255 e. The molecule has 2 aromatic carbocycles. The van der Waals surface area contributed by atoms with Gasteiger partial charge in [0.15, 0.2) is 0 Å². The maximum absolute atomic E-state index is 12.6. The number of anilines is 2. The van der Waals surface area contributed by atoms with Crippen LogP contribution in [-0.4, -0.2) is 42.9 Å². The fourth-order valence-corrected chi connectivity index (χ4v) is 4.89. The van der Waals surface area contributed by atoms with Gasteiger partial charge >= 0.3 is 0 Å². The monoisotopic (exact) mass is 473 g/mol. The summed E-state index contributed by atoms with van der Waals surface area (Å²) in [5.41, 5.74) is 2.26. The molecular weight excluding hydrogens is 445 g/mol. The molecule has 0 bridgehead atoms. The Labute approximate surface area is 199 Å². The van der Waals surface area contributed by atoms with Crippen LogP contribution in [0, 0.1) is 5.92 Å². The van der Waals surface area contributed by atoms with Gasteiger partial charge in [-0.3, -0.25) is 9.59 Å². The van der Waals surface area contributed by atoms with Crippen molar-refractivity contribution in [3.05, 3.63) is 58.1 Å². The Bertz CT molecular complexity index is 950. The van der Waals surface area contributed by atoms with E-state index >= 15 is 0 Å². The van der Waals surface area contributed by atoms with Crippen LogP contribution >= 0.6 is 23.2 Å². The number of benzene rings is 2. The quantitative estimate of drug-likeness (QED) is 0.570. The summed E-state index contributed by atoms with van der Waals surface area (Å²) in [5.74, 6) is 0.828. The van der Waals surface area contributed by atoms with Crippen molar-refractivity contribution in [1.82, 2.24) is 4.90 Å². The van der Waals surface area contributed by atoms with Gasteiger partial charge in [-0.05, 0) is 54.8 Å². The van der Waals surface area contributed by atoms with E-state index in [-0.39, 0.29) is 5.91 Å². The van der Waals surface area contributed by atoms with Crippen molar-refractivity contribution in [2.45, 2.75) is 38.5 Å². The molecule has 0 atom stereocenters. The van der Waals surface area contributed by atoms with Gasteiger partial charge < -0.3 is 15.1 Å².